The molecule has 0 unspecified atom stereocenters. The molecule has 0 radical (unpaired) electrons. The van der Waals surface area contributed by atoms with Crippen molar-refractivity contribution in [2.24, 2.45) is 0 Å². The molecular weight excluding hydrogens is 272 g/mol. The van der Waals surface area contributed by atoms with Gasteiger partial charge in [0.1, 0.15) is 11.1 Å². The fraction of sp³-hybridized carbons (Fsp3) is 0.600. The maximum Gasteiger partial charge on any atom is 0.249 e. The predicted molar refractivity (Wildman–Crippen MR) is 80.4 cm³/mol. The van der Waals surface area contributed by atoms with Crippen LogP contribution in [0.25, 0.3) is 0 Å². The van der Waals surface area contributed by atoms with Crippen LogP contribution in [0.2, 0.25) is 0 Å². The molecule has 2 rings (SSSR count). The second-order valence-electron chi connectivity index (χ2n) is 5.83. The molecule has 0 bridgehead atoms. The average Bonchev–Trinajstić information content (AvgIpc) is 2.92. The smallest absolute Gasteiger partial charge is 0.249 e. The van der Waals surface area contributed by atoms with Crippen LogP contribution in [0.15, 0.2) is 16.8 Å². The van der Waals surface area contributed by atoms with Crippen molar-refractivity contribution in [3.05, 3.63) is 22.4 Å². The zero-order chi connectivity index (χ0) is 15.0. The Morgan fingerprint density at radius 3 is 2.40 bits per heavy atom. The Kier molecular flexibility index (Phi) is 3.91. The van der Waals surface area contributed by atoms with E-state index in [1.807, 2.05) is 44.5 Å². The molecule has 20 heavy (non-hydrogen) atoms. The Morgan fingerprint density at radius 1 is 1.25 bits per heavy atom. The third-order valence-electron chi connectivity index (χ3n) is 4.37. The number of nitrogens with zero attached hydrogens (tertiary/aromatic N) is 1. The maximum atomic E-state index is 12.9. The monoisotopic (exact) mass is 294 g/mol. The van der Waals surface area contributed by atoms with Crippen molar-refractivity contribution in [3.8, 4) is 0 Å². The van der Waals surface area contributed by atoms with E-state index in [4.69, 9.17) is 0 Å². The van der Waals surface area contributed by atoms with Gasteiger partial charge in [-0.05, 0) is 49.1 Å². The SMILES string of the molecule is CCC1(CC)NC(=O)C(C)(C)N(Cc2ccsc2)C1=O. The lowest BCUT2D eigenvalue weighted by atomic mass is 9.83. The molecule has 1 fully saturated rings. The molecule has 1 aliphatic rings. The van der Waals surface area contributed by atoms with Crippen LogP contribution in [-0.4, -0.2) is 27.8 Å². The summed E-state index contributed by atoms with van der Waals surface area (Å²) in [6.45, 7) is 8.00. The molecule has 1 aromatic heterocycles. The fourth-order valence-corrected chi connectivity index (χ4v) is 3.28. The van der Waals surface area contributed by atoms with E-state index in [9.17, 15) is 9.59 Å². The quantitative estimate of drug-likeness (QED) is 0.927. The summed E-state index contributed by atoms with van der Waals surface area (Å²) in [5.74, 6) is -0.0469. The first-order chi connectivity index (χ1) is 9.37. The lowest BCUT2D eigenvalue weighted by molar-refractivity contribution is -0.162. The Labute approximate surface area is 124 Å². The summed E-state index contributed by atoms with van der Waals surface area (Å²) < 4.78 is 0. The zero-order valence-electron chi connectivity index (χ0n) is 12.5. The van der Waals surface area contributed by atoms with Crippen LogP contribution < -0.4 is 5.32 Å². The largest absolute Gasteiger partial charge is 0.340 e. The molecule has 0 atom stereocenters. The van der Waals surface area contributed by atoms with Crippen LogP contribution in [0, 0.1) is 0 Å². The normalized spacial score (nSPS) is 20.9. The molecule has 0 saturated carbocycles. The fourth-order valence-electron chi connectivity index (χ4n) is 2.62. The topological polar surface area (TPSA) is 49.4 Å². The Morgan fingerprint density at radius 2 is 1.90 bits per heavy atom. The summed E-state index contributed by atoms with van der Waals surface area (Å²) in [5, 5.41) is 6.96. The lowest BCUT2D eigenvalue weighted by Gasteiger charge is -2.49. The van der Waals surface area contributed by atoms with E-state index in [1.54, 1.807) is 16.2 Å². The average molecular weight is 294 g/mol. The summed E-state index contributed by atoms with van der Waals surface area (Å²) in [4.78, 5) is 27.1. The van der Waals surface area contributed by atoms with E-state index in [-0.39, 0.29) is 11.8 Å². The van der Waals surface area contributed by atoms with Gasteiger partial charge in [0.2, 0.25) is 11.8 Å². The van der Waals surface area contributed by atoms with E-state index in [0.29, 0.717) is 19.4 Å². The van der Waals surface area contributed by atoms with E-state index in [0.717, 1.165) is 5.56 Å². The number of carbonyl (C=O) groups excluding carboxylic acids is 2. The highest BCUT2D eigenvalue weighted by molar-refractivity contribution is 7.07. The van der Waals surface area contributed by atoms with Gasteiger partial charge in [-0.25, -0.2) is 0 Å². The molecular formula is C15H22N2O2S. The van der Waals surface area contributed by atoms with Gasteiger partial charge in [0.25, 0.3) is 0 Å². The highest BCUT2D eigenvalue weighted by Crippen LogP contribution is 2.31. The van der Waals surface area contributed by atoms with E-state index in [1.165, 1.54) is 0 Å². The van der Waals surface area contributed by atoms with Gasteiger partial charge in [-0.15, -0.1) is 0 Å². The van der Waals surface area contributed by atoms with Crippen LogP contribution in [0.5, 0.6) is 0 Å². The van der Waals surface area contributed by atoms with Crippen molar-refractivity contribution in [3.63, 3.8) is 0 Å². The maximum absolute atomic E-state index is 12.9. The number of thiophene rings is 1. The van der Waals surface area contributed by atoms with Gasteiger partial charge >= 0.3 is 0 Å². The number of nitrogens with one attached hydrogen (secondary N) is 1. The van der Waals surface area contributed by atoms with Gasteiger partial charge in [0.15, 0.2) is 0 Å². The summed E-state index contributed by atoms with van der Waals surface area (Å²) >= 11 is 1.60. The molecule has 4 nitrogen and oxygen atoms in total. The van der Waals surface area contributed by atoms with Crippen molar-refractivity contribution in [2.45, 2.75) is 58.2 Å². The number of hydrogen-bond donors (Lipinski definition) is 1. The number of rotatable bonds is 4. The third kappa shape index (κ3) is 2.24. The van der Waals surface area contributed by atoms with Crippen molar-refractivity contribution in [2.75, 3.05) is 0 Å². The lowest BCUT2D eigenvalue weighted by Crippen LogP contribution is -2.73. The van der Waals surface area contributed by atoms with Crippen LogP contribution in [0.4, 0.5) is 0 Å². The molecule has 2 heterocycles. The number of piperazine rings is 1. The molecule has 1 aliphatic heterocycles. The van der Waals surface area contributed by atoms with Gasteiger partial charge in [-0.3, -0.25) is 9.59 Å². The van der Waals surface area contributed by atoms with Gasteiger partial charge in [0, 0.05) is 6.54 Å². The highest BCUT2D eigenvalue weighted by atomic mass is 32.1. The first-order valence-electron chi connectivity index (χ1n) is 7.03. The first kappa shape index (κ1) is 15.0. The van der Waals surface area contributed by atoms with Crippen molar-refractivity contribution >= 4 is 23.2 Å². The third-order valence-corrected chi connectivity index (χ3v) is 5.10. The minimum atomic E-state index is -0.813. The van der Waals surface area contributed by atoms with Crippen molar-refractivity contribution in [1.29, 1.82) is 0 Å². The summed E-state index contributed by atoms with van der Waals surface area (Å²) in [5.41, 5.74) is -0.484. The Hall–Kier alpha value is -1.36. The van der Waals surface area contributed by atoms with Crippen molar-refractivity contribution < 1.29 is 9.59 Å². The molecule has 0 aromatic carbocycles. The minimum Gasteiger partial charge on any atom is -0.340 e. The second-order valence-corrected chi connectivity index (χ2v) is 6.61. The minimum absolute atomic E-state index is 0.0262. The van der Waals surface area contributed by atoms with Crippen molar-refractivity contribution in [1.82, 2.24) is 10.2 Å². The number of amides is 2. The van der Waals surface area contributed by atoms with Crippen LogP contribution in [-0.2, 0) is 16.1 Å². The summed E-state index contributed by atoms with van der Waals surface area (Å²) in [6, 6.07) is 2.00. The van der Waals surface area contributed by atoms with Gasteiger partial charge < -0.3 is 10.2 Å². The summed E-state index contributed by atoms with van der Waals surface area (Å²) in [7, 11) is 0. The molecule has 110 valence electrons. The van der Waals surface area contributed by atoms with Gasteiger partial charge in [0.05, 0.1) is 0 Å². The predicted octanol–water partition coefficient (Wildman–Crippen LogP) is 2.54. The Bertz CT molecular complexity index is 504. The standard InChI is InChI=1S/C15H22N2O2S/c1-5-15(6-2)13(19)17(9-11-7-8-20-10-11)14(3,4)12(18)16-15/h7-8,10H,5-6,9H2,1-4H3,(H,16,18). The molecule has 1 saturated heterocycles. The van der Waals surface area contributed by atoms with E-state index in [2.05, 4.69) is 5.32 Å². The van der Waals surface area contributed by atoms with Crippen LogP contribution in [0.3, 0.4) is 0 Å². The molecule has 0 aliphatic carbocycles. The molecule has 1 aromatic rings. The highest BCUT2D eigenvalue weighted by Gasteiger charge is 2.52. The zero-order valence-corrected chi connectivity index (χ0v) is 13.3. The number of hydrogen-bond acceptors (Lipinski definition) is 3. The van der Waals surface area contributed by atoms with E-state index >= 15 is 0 Å². The molecule has 1 N–H and O–H groups in total. The number of carbonyl (C=O) groups is 2. The Balaban J connectivity index is 2.38. The van der Waals surface area contributed by atoms with E-state index < -0.39 is 11.1 Å². The summed E-state index contributed by atoms with van der Waals surface area (Å²) in [6.07, 6.45) is 1.23. The van der Waals surface area contributed by atoms with Crippen LogP contribution in [0.1, 0.15) is 46.1 Å². The van der Waals surface area contributed by atoms with Crippen LogP contribution >= 0.6 is 11.3 Å². The molecule has 0 spiro atoms. The second kappa shape index (κ2) is 5.20. The molecule has 5 heteroatoms. The first-order valence-corrected chi connectivity index (χ1v) is 7.97. The van der Waals surface area contributed by atoms with Gasteiger partial charge in [-0.2, -0.15) is 11.3 Å². The molecule has 2 amide bonds. The van der Waals surface area contributed by atoms with Gasteiger partial charge in [-0.1, -0.05) is 13.8 Å².